The van der Waals surface area contributed by atoms with E-state index in [2.05, 4.69) is 46.7 Å². The van der Waals surface area contributed by atoms with Crippen LogP contribution in [-0.2, 0) is 18.7 Å². The summed E-state index contributed by atoms with van der Waals surface area (Å²) in [6, 6.07) is 4.89. The van der Waals surface area contributed by atoms with Crippen molar-refractivity contribution in [3.63, 3.8) is 0 Å². The number of halogens is 1. The fourth-order valence-electron chi connectivity index (χ4n) is 1.89. The molecular weight excluding hydrogens is 296 g/mol. The second kappa shape index (κ2) is 7.39. The molecule has 0 spiro atoms. The van der Waals surface area contributed by atoms with Gasteiger partial charge in [0.25, 0.3) is 0 Å². The van der Waals surface area contributed by atoms with Crippen LogP contribution in [0.4, 0.5) is 0 Å². The van der Waals surface area contributed by atoms with E-state index in [4.69, 9.17) is 11.6 Å². The molecule has 5 heteroatoms. The highest BCUT2D eigenvalue weighted by Gasteiger charge is 2.11. The van der Waals surface area contributed by atoms with Crippen LogP contribution in [0.25, 0.3) is 0 Å². The minimum absolute atomic E-state index is 0.515. The Morgan fingerprint density at radius 1 is 1.42 bits per heavy atom. The highest BCUT2D eigenvalue weighted by atomic mass is 35.5. The summed E-state index contributed by atoms with van der Waals surface area (Å²) in [5.41, 5.74) is 0.996. The standard InChI is InChI=1S/C14H19ClN2S2/c1-11(8-13-4-3-7-18-13)17(2)6-5-14-16-12(9-15)10-19-14/h3-4,7,10-11H,5-6,8-9H2,1-2H3. The Bertz CT molecular complexity index is 481. The van der Waals surface area contributed by atoms with Gasteiger partial charge in [-0.25, -0.2) is 4.98 Å². The number of nitrogens with zero attached hydrogens (tertiary/aromatic N) is 2. The molecule has 0 saturated carbocycles. The molecule has 0 radical (unpaired) electrons. The van der Waals surface area contributed by atoms with E-state index in [1.165, 1.54) is 9.88 Å². The van der Waals surface area contributed by atoms with Gasteiger partial charge in [-0.2, -0.15) is 0 Å². The molecule has 2 heterocycles. The first kappa shape index (κ1) is 15.0. The number of alkyl halides is 1. The molecule has 2 aromatic rings. The number of thiophene rings is 1. The van der Waals surface area contributed by atoms with Gasteiger partial charge in [-0.3, -0.25) is 0 Å². The van der Waals surface area contributed by atoms with Crippen LogP contribution in [0.2, 0.25) is 0 Å². The zero-order valence-electron chi connectivity index (χ0n) is 11.3. The Morgan fingerprint density at radius 3 is 2.89 bits per heavy atom. The summed E-state index contributed by atoms with van der Waals surface area (Å²) < 4.78 is 0. The van der Waals surface area contributed by atoms with Gasteiger partial charge in [0.1, 0.15) is 0 Å². The van der Waals surface area contributed by atoms with Crippen LogP contribution in [0, 0.1) is 0 Å². The van der Waals surface area contributed by atoms with Crippen molar-refractivity contribution in [2.45, 2.75) is 31.7 Å². The molecule has 0 aliphatic carbocycles. The van der Waals surface area contributed by atoms with E-state index in [-0.39, 0.29) is 0 Å². The summed E-state index contributed by atoms with van der Waals surface area (Å²) in [4.78, 5) is 8.36. The van der Waals surface area contributed by atoms with Crippen LogP contribution in [-0.4, -0.2) is 29.5 Å². The van der Waals surface area contributed by atoms with Gasteiger partial charge in [0.2, 0.25) is 0 Å². The van der Waals surface area contributed by atoms with Gasteiger partial charge in [-0.1, -0.05) is 6.07 Å². The first-order valence-electron chi connectivity index (χ1n) is 6.41. The fourth-order valence-corrected chi connectivity index (χ4v) is 3.74. The van der Waals surface area contributed by atoms with Crippen LogP contribution >= 0.6 is 34.3 Å². The fraction of sp³-hybridized carbons (Fsp3) is 0.500. The van der Waals surface area contributed by atoms with Crippen molar-refractivity contribution < 1.29 is 0 Å². The maximum Gasteiger partial charge on any atom is 0.0941 e. The quantitative estimate of drug-likeness (QED) is 0.717. The van der Waals surface area contributed by atoms with Crippen LogP contribution in [0.3, 0.4) is 0 Å². The highest BCUT2D eigenvalue weighted by Crippen LogP contribution is 2.15. The summed E-state index contributed by atoms with van der Waals surface area (Å²) in [6.07, 6.45) is 2.13. The normalized spacial score (nSPS) is 13.1. The lowest BCUT2D eigenvalue weighted by molar-refractivity contribution is 0.260. The number of likely N-dealkylation sites (N-methyl/N-ethyl adjacent to an activating group) is 1. The Hall–Kier alpha value is -0.420. The second-order valence-electron chi connectivity index (χ2n) is 4.73. The molecule has 2 aromatic heterocycles. The Kier molecular flexibility index (Phi) is 5.82. The minimum Gasteiger partial charge on any atom is -0.303 e. The molecule has 0 saturated heterocycles. The summed E-state index contributed by atoms with van der Waals surface area (Å²) in [7, 11) is 2.19. The molecule has 0 fully saturated rings. The van der Waals surface area contributed by atoms with Crippen molar-refractivity contribution in [2.75, 3.05) is 13.6 Å². The predicted molar refractivity (Wildman–Crippen MR) is 85.5 cm³/mol. The maximum absolute atomic E-state index is 5.77. The summed E-state index contributed by atoms with van der Waals surface area (Å²) in [5, 5.41) is 5.38. The smallest absolute Gasteiger partial charge is 0.0941 e. The number of thiazole rings is 1. The van der Waals surface area contributed by atoms with E-state index in [9.17, 15) is 0 Å². The summed E-state index contributed by atoms with van der Waals surface area (Å²) >= 11 is 9.32. The van der Waals surface area contributed by atoms with E-state index < -0.39 is 0 Å². The third-order valence-corrected chi connectivity index (χ3v) is 5.37. The number of hydrogen-bond donors (Lipinski definition) is 0. The first-order valence-corrected chi connectivity index (χ1v) is 8.70. The number of aromatic nitrogens is 1. The van der Waals surface area contributed by atoms with Gasteiger partial charge < -0.3 is 4.90 Å². The molecule has 19 heavy (non-hydrogen) atoms. The lowest BCUT2D eigenvalue weighted by Gasteiger charge is -2.23. The predicted octanol–water partition coefficient (Wildman–Crippen LogP) is 4.05. The van der Waals surface area contributed by atoms with Crippen LogP contribution < -0.4 is 0 Å². The third-order valence-electron chi connectivity index (χ3n) is 3.24. The van der Waals surface area contributed by atoms with Gasteiger partial charge in [0, 0.05) is 29.3 Å². The Balaban J connectivity index is 1.78. The van der Waals surface area contributed by atoms with E-state index >= 15 is 0 Å². The number of rotatable bonds is 7. The van der Waals surface area contributed by atoms with Gasteiger partial charge in [0.15, 0.2) is 0 Å². The van der Waals surface area contributed by atoms with Gasteiger partial charge >= 0.3 is 0 Å². The SMILES string of the molecule is CC(Cc1cccs1)N(C)CCc1nc(CCl)cs1. The molecule has 104 valence electrons. The average molecular weight is 315 g/mol. The van der Waals surface area contributed by atoms with Crippen LogP contribution in [0.1, 0.15) is 22.5 Å². The van der Waals surface area contributed by atoms with Crippen molar-refractivity contribution in [3.05, 3.63) is 38.5 Å². The lowest BCUT2D eigenvalue weighted by Crippen LogP contribution is -2.32. The zero-order valence-corrected chi connectivity index (χ0v) is 13.7. The Morgan fingerprint density at radius 2 is 2.26 bits per heavy atom. The minimum atomic E-state index is 0.515. The van der Waals surface area contributed by atoms with E-state index in [1.54, 1.807) is 11.3 Å². The molecule has 1 atom stereocenters. The second-order valence-corrected chi connectivity index (χ2v) is 6.97. The first-order chi connectivity index (χ1) is 9.19. The zero-order chi connectivity index (χ0) is 13.7. The van der Waals surface area contributed by atoms with Crippen LogP contribution in [0.5, 0.6) is 0 Å². The summed E-state index contributed by atoms with van der Waals surface area (Å²) in [5.74, 6) is 0.515. The maximum atomic E-state index is 5.77. The Labute approximate surface area is 128 Å². The molecule has 0 aliphatic heterocycles. The monoisotopic (exact) mass is 314 g/mol. The average Bonchev–Trinajstić information content (AvgIpc) is 3.06. The van der Waals surface area contributed by atoms with E-state index in [0.29, 0.717) is 11.9 Å². The molecule has 0 aromatic carbocycles. The molecule has 1 unspecified atom stereocenters. The molecule has 0 aliphatic rings. The van der Waals surface area contributed by atoms with Crippen molar-refractivity contribution in [1.82, 2.24) is 9.88 Å². The van der Waals surface area contributed by atoms with Crippen molar-refractivity contribution in [3.8, 4) is 0 Å². The molecule has 0 bridgehead atoms. The van der Waals surface area contributed by atoms with Gasteiger partial charge in [0.05, 0.1) is 16.6 Å². The van der Waals surface area contributed by atoms with E-state index in [0.717, 1.165) is 25.1 Å². The summed E-state index contributed by atoms with van der Waals surface area (Å²) in [6.45, 7) is 3.33. The lowest BCUT2D eigenvalue weighted by atomic mass is 10.2. The van der Waals surface area contributed by atoms with Gasteiger partial charge in [-0.05, 0) is 31.8 Å². The van der Waals surface area contributed by atoms with Crippen LogP contribution in [0.15, 0.2) is 22.9 Å². The molecule has 2 nitrogen and oxygen atoms in total. The van der Waals surface area contributed by atoms with Crippen molar-refractivity contribution in [2.24, 2.45) is 0 Å². The molecule has 2 rings (SSSR count). The molecule has 0 amide bonds. The van der Waals surface area contributed by atoms with Gasteiger partial charge in [-0.15, -0.1) is 34.3 Å². The third kappa shape index (κ3) is 4.56. The largest absolute Gasteiger partial charge is 0.303 e. The highest BCUT2D eigenvalue weighted by molar-refractivity contribution is 7.10. The van der Waals surface area contributed by atoms with Crippen molar-refractivity contribution >= 4 is 34.3 Å². The topological polar surface area (TPSA) is 16.1 Å². The number of hydrogen-bond acceptors (Lipinski definition) is 4. The van der Waals surface area contributed by atoms with E-state index in [1.807, 2.05) is 11.3 Å². The molecular formula is C14H19ClN2S2. The molecule has 0 N–H and O–H groups in total. The van der Waals surface area contributed by atoms with Crippen molar-refractivity contribution in [1.29, 1.82) is 0 Å².